The standard InChI is InChI=1S/C20H27N3O4/c1-13(2)21-18(24)12-22-7-9-23(10-8-22)20(25)19-14(3)27-17-6-5-15(26-4)11-16(17)19/h5-6,11,13H,7-10,12H2,1-4H3,(H,21,24). The number of methoxy groups -OCH3 is 1. The first-order valence-electron chi connectivity index (χ1n) is 9.27. The van der Waals surface area contributed by atoms with Crippen molar-refractivity contribution in [3.8, 4) is 5.75 Å². The van der Waals surface area contributed by atoms with Crippen LogP contribution in [0, 0.1) is 6.92 Å². The van der Waals surface area contributed by atoms with Crippen molar-refractivity contribution in [3.05, 3.63) is 29.5 Å². The number of hydrogen-bond acceptors (Lipinski definition) is 5. The molecule has 0 spiro atoms. The summed E-state index contributed by atoms with van der Waals surface area (Å²) in [6.07, 6.45) is 0. The molecular weight excluding hydrogens is 346 g/mol. The van der Waals surface area contributed by atoms with E-state index >= 15 is 0 Å². The Hall–Kier alpha value is -2.54. The second-order valence-electron chi connectivity index (χ2n) is 7.19. The number of carbonyl (C=O) groups excluding carboxylic acids is 2. The summed E-state index contributed by atoms with van der Waals surface area (Å²) in [4.78, 5) is 28.9. The molecule has 1 aromatic heterocycles. The van der Waals surface area contributed by atoms with E-state index in [9.17, 15) is 9.59 Å². The van der Waals surface area contributed by atoms with Crippen molar-refractivity contribution in [3.63, 3.8) is 0 Å². The highest BCUT2D eigenvalue weighted by molar-refractivity contribution is 6.07. The van der Waals surface area contributed by atoms with Gasteiger partial charge in [-0.25, -0.2) is 0 Å². The minimum atomic E-state index is -0.0363. The van der Waals surface area contributed by atoms with Crippen molar-refractivity contribution in [2.45, 2.75) is 26.8 Å². The summed E-state index contributed by atoms with van der Waals surface area (Å²) < 4.78 is 11.0. The van der Waals surface area contributed by atoms with Crippen LogP contribution in [0.5, 0.6) is 5.75 Å². The van der Waals surface area contributed by atoms with Crippen LogP contribution >= 0.6 is 0 Å². The van der Waals surface area contributed by atoms with Gasteiger partial charge in [0.05, 0.1) is 19.2 Å². The molecule has 2 heterocycles. The Bertz CT molecular complexity index is 835. The largest absolute Gasteiger partial charge is 0.497 e. The number of amides is 2. The lowest BCUT2D eigenvalue weighted by molar-refractivity contribution is -0.123. The SMILES string of the molecule is COc1ccc2oc(C)c(C(=O)N3CCN(CC(=O)NC(C)C)CC3)c2c1. The number of carbonyl (C=O) groups is 2. The Labute approximate surface area is 159 Å². The van der Waals surface area contributed by atoms with Crippen LogP contribution in [0.1, 0.15) is 30.0 Å². The molecule has 1 fully saturated rings. The van der Waals surface area contributed by atoms with E-state index in [-0.39, 0.29) is 17.9 Å². The summed E-state index contributed by atoms with van der Waals surface area (Å²) in [6.45, 7) is 8.60. The van der Waals surface area contributed by atoms with Gasteiger partial charge in [0.15, 0.2) is 0 Å². The molecule has 7 heteroatoms. The van der Waals surface area contributed by atoms with Crippen LogP contribution in [-0.2, 0) is 4.79 Å². The first kappa shape index (κ1) is 19.2. The van der Waals surface area contributed by atoms with Gasteiger partial charge in [-0.05, 0) is 39.0 Å². The fourth-order valence-electron chi connectivity index (χ4n) is 3.43. The fourth-order valence-corrected chi connectivity index (χ4v) is 3.43. The third kappa shape index (κ3) is 4.24. The monoisotopic (exact) mass is 373 g/mol. The van der Waals surface area contributed by atoms with Gasteiger partial charge in [0.1, 0.15) is 17.1 Å². The number of hydrogen-bond donors (Lipinski definition) is 1. The second kappa shape index (κ2) is 8.00. The van der Waals surface area contributed by atoms with Gasteiger partial charge in [-0.2, -0.15) is 0 Å². The number of ether oxygens (including phenoxy) is 1. The molecule has 0 atom stereocenters. The van der Waals surface area contributed by atoms with Gasteiger partial charge >= 0.3 is 0 Å². The topological polar surface area (TPSA) is 75.0 Å². The summed E-state index contributed by atoms with van der Waals surface area (Å²) in [5.74, 6) is 1.29. The molecule has 0 radical (unpaired) electrons. The minimum Gasteiger partial charge on any atom is -0.497 e. The van der Waals surface area contributed by atoms with Crippen molar-refractivity contribution in [1.82, 2.24) is 15.1 Å². The molecule has 7 nitrogen and oxygen atoms in total. The summed E-state index contributed by atoms with van der Waals surface area (Å²) in [7, 11) is 1.60. The van der Waals surface area contributed by atoms with Crippen molar-refractivity contribution in [1.29, 1.82) is 0 Å². The second-order valence-corrected chi connectivity index (χ2v) is 7.19. The number of aryl methyl sites for hydroxylation is 1. The molecule has 1 N–H and O–H groups in total. The third-order valence-corrected chi connectivity index (χ3v) is 4.76. The van der Waals surface area contributed by atoms with Crippen LogP contribution in [0.3, 0.4) is 0 Å². The average Bonchev–Trinajstić information content (AvgIpc) is 2.95. The number of fused-ring (bicyclic) bond motifs is 1. The molecule has 2 amide bonds. The molecule has 1 aliphatic rings. The summed E-state index contributed by atoms with van der Waals surface area (Å²) in [5.41, 5.74) is 1.27. The van der Waals surface area contributed by atoms with Crippen LogP contribution < -0.4 is 10.1 Å². The van der Waals surface area contributed by atoms with E-state index in [0.29, 0.717) is 55.4 Å². The van der Waals surface area contributed by atoms with Crippen LogP contribution in [0.15, 0.2) is 22.6 Å². The molecule has 0 bridgehead atoms. The van der Waals surface area contributed by atoms with Crippen LogP contribution in [0.4, 0.5) is 0 Å². The van der Waals surface area contributed by atoms with Crippen LogP contribution in [-0.4, -0.2) is 67.5 Å². The van der Waals surface area contributed by atoms with Crippen molar-refractivity contribution < 1.29 is 18.7 Å². The van der Waals surface area contributed by atoms with Crippen LogP contribution in [0.2, 0.25) is 0 Å². The smallest absolute Gasteiger partial charge is 0.258 e. The normalized spacial score (nSPS) is 15.4. The lowest BCUT2D eigenvalue weighted by Crippen LogP contribution is -2.51. The maximum Gasteiger partial charge on any atom is 0.258 e. The zero-order valence-corrected chi connectivity index (χ0v) is 16.4. The first-order valence-corrected chi connectivity index (χ1v) is 9.27. The average molecular weight is 373 g/mol. The molecule has 1 aliphatic heterocycles. The molecule has 2 aromatic rings. The first-order chi connectivity index (χ1) is 12.9. The molecule has 0 aliphatic carbocycles. The zero-order valence-electron chi connectivity index (χ0n) is 16.4. The van der Waals surface area contributed by atoms with Gasteiger partial charge in [0.2, 0.25) is 5.91 Å². The Morgan fingerprint density at radius 2 is 1.93 bits per heavy atom. The number of nitrogens with one attached hydrogen (secondary N) is 1. The quantitative estimate of drug-likeness (QED) is 0.868. The van der Waals surface area contributed by atoms with E-state index in [1.807, 2.05) is 43.9 Å². The van der Waals surface area contributed by atoms with Gasteiger partial charge < -0.3 is 19.4 Å². The molecule has 1 aromatic carbocycles. The molecule has 27 heavy (non-hydrogen) atoms. The maximum atomic E-state index is 13.1. The van der Waals surface area contributed by atoms with Gasteiger partial charge in [0, 0.05) is 37.6 Å². The number of furan rings is 1. The van der Waals surface area contributed by atoms with Gasteiger partial charge in [-0.3, -0.25) is 14.5 Å². The summed E-state index contributed by atoms with van der Waals surface area (Å²) in [5, 5.41) is 3.67. The number of nitrogens with zero attached hydrogens (tertiary/aromatic N) is 2. The lowest BCUT2D eigenvalue weighted by atomic mass is 10.1. The highest BCUT2D eigenvalue weighted by Gasteiger charge is 2.27. The Morgan fingerprint density at radius 1 is 1.22 bits per heavy atom. The molecular formula is C20H27N3O4. The van der Waals surface area contributed by atoms with E-state index in [2.05, 4.69) is 10.2 Å². The zero-order chi connectivity index (χ0) is 19.6. The van der Waals surface area contributed by atoms with E-state index in [0.717, 1.165) is 5.39 Å². The van der Waals surface area contributed by atoms with Gasteiger partial charge in [-0.15, -0.1) is 0 Å². The Balaban J connectivity index is 1.68. The molecule has 146 valence electrons. The summed E-state index contributed by atoms with van der Waals surface area (Å²) >= 11 is 0. The predicted octanol–water partition coefficient (Wildman–Crippen LogP) is 2.03. The molecule has 1 saturated heterocycles. The van der Waals surface area contributed by atoms with E-state index in [4.69, 9.17) is 9.15 Å². The third-order valence-electron chi connectivity index (χ3n) is 4.76. The highest BCUT2D eigenvalue weighted by atomic mass is 16.5. The maximum absolute atomic E-state index is 13.1. The van der Waals surface area contributed by atoms with E-state index < -0.39 is 0 Å². The number of piperazine rings is 1. The number of benzene rings is 1. The Kier molecular flexibility index (Phi) is 5.70. The van der Waals surface area contributed by atoms with Gasteiger partial charge in [0.25, 0.3) is 5.91 Å². The van der Waals surface area contributed by atoms with Crippen molar-refractivity contribution in [2.75, 3.05) is 39.8 Å². The highest BCUT2D eigenvalue weighted by Crippen LogP contribution is 2.30. The molecule has 0 unspecified atom stereocenters. The molecule has 3 rings (SSSR count). The minimum absolute atomic E-state index is 0.0218. The summed E-state index contributed by atoms with van der Waals surface area (Å²) in [6, 6.07) is 5.62. The predicted molar refractivity (Wildman–Crippen MR) is 103 cm³/mol. The van der Waals surface area contributed by atoms with Crippen LogP contribution in [0.25, 0.3) is 11.0 Å². The van der Waals surface area contributed by atoms with Crippen molar-refractivity contribution >= 4 is 22.8 Å². The van der Waals surface area contributed by atoms with E-state index in [1.165, 1.54) is 0 Å². The lowest BCUT2D eigenvalue weighted by Gasteiger charge is -2.34. The fraction of sp³-hybridized carbons (Fsp3) is 0.500. The van der Waals surface area contributed by atoms with Crippen molar-refractivity contribution in [2.24, 2.45) is 0 Å². The number of rotatable bonds is 5. The molecule has 0 saturated carbocycles. The van der Waals surface area contributed by atoms with E-state index in [1.54, 1.807) is 7.11 Å². The van der Waals surface area contributed by atoms with Gasteiger partial charge in [-0.1, -0.05) is 0 Å². The Morgan fingerprint density at radius 3 is 2.56 bits per heavy atom.